The van der Waals surface area contributed by atoms with Crippen LogP contribution in [-0.4, -0.2) is 35.3 Å². The summed E-state index contributed by atoms with van der Waals surface area (Å²) < 4.78 is 11.0. The molecule has 0 amide bonds. The highest BCUT2D eigenvalue weighted by atomic mass is 16.5. The zero-order valence-corrected chi connectivity index (χ0v) is 16.6. The molecule has 1 aromatic heterocycles. The monoisotopic (exact) mass is 395 g/mol. The van der Waals surface area contributed by atoms with Crippen LogP contribution in [0.2, 0.25) is 0 Å². The minimum absolute atomic E-state index is 0.0615. The number of methoxy groups -OCH3 is 1. The van der Waals surface area contributed by atoms with Gasteiger partial charge in [0, 0.05) is 19.2 Å². The highest BCUT2D eigenvalue weighted by molar-refractivity contribution is 5.90. The molecule has 4 rings (SSSR count). The van der Waals surface area contributed by atoms with Gasteiger partial charge in [-0.25, -0.2) is 0 Å². The van der Waals surface area contributed by atoms with Gasteiger partial charge in [-0.1, -0.05) is 19.1 Å². The van der Waals surface area contributed by atoms with Crippen molar-refractivity contribution in [2.75, 3.05) is 20.2 Å². The van der Waals surface area contributed by atoms with Crippen molar-refractivity contribution in [3.63, 3.8) is 0 Å². The Kier molecular flexibility index (Phi) is 5.20. The fourth-order valence-electron chi connectivity index (χ4n) is 4.10. The lowest BCUT2D eigenvalue weighted by Crippen LogP contribution is -2.33. The summed E-state index contributed by atoms with van der Waals surface area (Å²) in [4.78, 5) is 15.4. The van der Waals surface area contributed by atoms with Crippen LogP contribution in [0.3, 0.4) is 0 Å². The van der Waals surface area contributed by atoms with Crippen LogP contribution in [0.5, 0.6) is 17.2 Å². The van der Waals surface area contributed by atoms with Gasteiger partial charge in [-0.3, -0.25) is 9.69 Å². The van der Waals surface area contributed by atoms with Crippen molar-refractivity contribution >= 4 is 11.0 Å². The molecule has 1 atom stereocenters. The summed E-state index contributed by atoms with van der Waals surface area (Å²) >= 11 is 0. The van der Waals surface area contributed by atoms with E-state index in [1.54, 1.807) is 31.4 Å². The first-order valence-electron chi connectivity index (χ1n) is 9.84. The van der Waals surface area contributed by atoms with Crippen LogP contribution in [0.15, 0.2) is 45.8 Å². The number of rotatable bonds is 4. The summed E-state index contributed by atoms with van der Waals surface area (Å²) in [6.45, 7) is 4.54. The summed E-state index contributed by atoms with van der Waals surface area (Å²) in [7, 11) is 1.58. The molecule has 29 heavy (non-hydrogen) atoms. The second-order valence-corrected chi connectivity index (χ2v) is 7.79. The first kappa shape index (κ1) is 19.3. The number of phenolic OH excluding ortho intramolecular Hbond substituents is 2. The largest absolute Gasteiger partial charge is 0.507 e. The Bertz CT molecular complexity index is 1090. The van der Waals surface area contributed by atoms with Crippen LogP contribution in [0.1, 0.15) is 25.3 Å². The summed E-state index contributed by atoms with van der Waals surface area (Å²) in [5.41, 5.74) is 1.45. The maximum absolute atomic E-state index is 13.2. The van der Waals surface area contributed by atoms with Crippen molar-refractivity contribution in [2.45, 2.75) is 26.3 Å². The minimum Gasteiger partial charge on any atom is -0.507 e. The van der Waals surface area contributed by atoms with Gasteiger partial charge in [0.05, 0.1) is 18.2 Å². The normalized spacial score (nSPS) is 17.5. The Morgan fingerprint density at radius 1 is 1.21 bits per heavy atom. The molecule has 0 saturated carbocycles. The third-order valence-corrected chi connectivity index (χ3v) is 5.63. The molecular formula is C23H25NO5. The van der Waals surface area contributed by atoms with E-state index in [4.69, 9.17) is 9.15 Å². The number of aromatic hydroxyl groups is 2. The van der Waals surface area contributed by atoms with Gasteiger partial charge < -0.3 is 19.4 Å². The number of phenols is 2. The molecule has 0 radical (unpaired) electrons. The SMILES string of the molecule is COc1ccc(-c2coc3c(CN4CCCC(C)C4)c(O)cc(O)c3c2=O)cc1. The maximum atomic E-state index is 13.2. The molecule has 2 aromatic carbocycles. The fraction of sp³-hybridized carbons (Fsp3) is 0.348. The number of nitrogens with zero attached hydrogens (tertiary/aromatic N) is 1. The van der Waals surface area contributed by atoms with E-state index < -0.39 is 0 Å². The zero-order chi connectivity index (χ0) is 20.5. The van der Waals surface area contributed by atoms with Crippen molar-refractivity contribution in [2.24, 2.45) is 5.92 Å². The number of likely N-dealkylation sites (tertiary alicyclic amines) is 1. The third-order valence-electron chi connectivity index (χ3n) is 5.63. The maximum Gasteiger partial charge on any atom is 0.204 e. The van der Waals surface area contributed by atoms with E-state index in [1.165, 1.54) is 18.8 Å². The van der Waals surface area contributed by atoms with Gasteiger partial charge >= 0.3 is 0 Å². The number of benzene rings is 2. The summed E-state index contributed by atoms with van der Waals surface area (Å²) in [5, 5.41) is 21.0. The second kappa shape index (κ2) is 7.79. The van der Waals surface area contributed by atoms with Gasteiger partial charge in [-0.15, -0.1) is 0 Å². The fourth-order valence-corrected chi connectivity index (χ4v) is 4.10. The van der Waals surface area contributed by atoms with Gasteiger partial charge in [0.15, 0.2) is 0 Å². The number of fused-ring (bicyclic) bond motifs is 1. The number of piperidine rings is 1. The van der Waals surface area contributed by atoms with Crippen molar-refractivity contribution in [1.82, 2.24) is 4.90 Å². The molecule has 1 aliphatic rings. The van der Waals surface area contributed by atoms with E-state index in [1.807, 2.05) is 0 Å². The van der Waals surface area contributed by atoms with E-state index in [-0.39, 0.29) is 27.9 Å². The topological polar surface area (TPSA) is 83.1 Å². The summed E-state index contributed by atoms with van der Waals surface area (Å²) in [5.74, 6) is 0.929. The third kappa shape index (κ3) is 3.68. The summed E-state index contributed by atoms with van der Waals surface area (Å²) in [6.07, 6.45) is 3.69. The van der Waals surface area contributed by atoms with Gasteiger partial charge in [-0.2, -0.15) is 0 Å². The molecule has 6 heteroatoms. The molecule has 1 saturated heterocycles. The molecular weight excluding hydrogens is 370 g/mol. The zero-order valence-electron chi connectivity index (χ0n) is 16.6. The van der Waals surface area contributed by atoms with E-state index in [0.717, 1.165) is 19.5 Å². The highest BCUT2D eigenvalue weighted by Crippen LogP contribution is 2.35. The molecule has 1 unspecified atom stereocenters. The predicted molar refractivity (Wildman–Crippen MR) is 111 cm³/mol. The Morgan fingerprint density at radius 3 is 2.66 bits per heavy atom. The first-order chi connectivity index (χ1) is 14.0. The number of hydrogen-bond acceptors (Lipinski definition) is 6. The van der Waals surface area contributed by atoms with Crippen LogP contribution >= 0.6 is 0 Å². The molecule has 0 spiro atoms. The average molecular weight is 395 g/mol. The Morgan fingerprint density at radius 2 is 1.97 bits per heavy atom. The lowest BCUT2D eigenvalue weighted by Gasteiger charge is -2.31. The molecule has 1 fully saturated rings. The molecule has 2 N–H and O–H groups in total. The van der Waals surface area contributed by atoms with E-state index in [2.05, 4.69) is 11.8 Å². The highest BCUT2D eigenvalue weighted by Gasteiger charge is 2.23. The van der Waals surface area contributed by atoms with Crippen LogP contribution in [0.4, 0.5) is 0 Å². The van der Waals surface area contributed by atoms with Crippen molar-refractivity contribution < 1.29 is 19.4 Å². The average Bonchev–Trinajstić information content (AvgIpc) is 2.71. The molecule has 0 aliphatic carbocycles. The number of ether oxygens (including phenoxy) is 1. The molecule has 3 aromatic rings. The molecule has 152 valence electrons. The van der Waals surface area contributed by atoms with Crippen molar-refractivity contribution in [3.05, 3.63) is 52.4 Å². The lowest BCUT2D eigenvalue weighted by atomic mass is 9.98. The Labute approximate surface area is 169 Å². The minimum atomic E-state index is -0.331. The first-order valence-corrected chi connectivity index (χ1v) is 9.84. The Hall–Kier alpha value is -2.99. The second-order valence-electron chi connectivity index (χ2n) is 7.79. The van der Waals surface area contributed by atoms with Gasteiger partial charge in [0.2, 0.25) is 5.43 Å². The molecule has 1 aliphatic heterocycles. The molecule has 6 nitrogen and oxygen atoms in total. The summed E-state index contributed by atoms with van der Waals surface area (Å²) in [6, 6.07) is 8.30. The molecule has 0 bridgehead atoms. The van der Waals surface area contributed by atoms with Crippen LogP contribution in [0.25, 0.3) is 22.1 Å². The van der Waals surface area contributed by atoms with Crippen LogP contribution < -0.4 is 10.2 Å². The van der Waals surface area contributed by atoms with Crippen molar-refractivity contribution in [3.8, 4) is 28.4 Å². The molecule has 2 heterocycles. The van der Waals surface area contributed by atoms with Gasteiger partial charge in [0.1, 0.15) is 34.5 Å². The van der Waals surface area contributed by atoms with Crippen LogP contribution in [-0.2, 0) is 6.54 Å². The van der Waals surface area contributed by atoms with Gasteiger partial charge in [-0.05, 0) is 43.0 Å². The lowest BCUT2D eigenvalue weighted by molar-refractivity contribution is 0.175. The standard InChI is InChI=1S/C23H25NO5/c1-14-4-3-9-24(11-14)12-17-19(25)10-20(26)21-22(27)18(13-29-23(17)21)15-5-7-16(28-2)8-6-15/h5-8,10,13-14,25-26H,3-4,9,11-12H2,1-2H3. The van der Waals surface area contributed by atoms with Crippen LogP contribution in [0, 0.1) is 5.92 Å². The Balaban J connectivity index is 1.80. The van der Waals surface area contributed by atoms with Gasteiger partial charge in [0.25, 0.3) is 0 Å². The smallest absolute Gasteiger partial charge is 0.204 e. The number of hydrogen-bond donors (Lipinski definition) is 2. The van der Waals surface area contributed by atoms with Crippen molar-refractivity contribution in [1.29, 1.82) is 0 Å². The quantitative estimate of drug-likeness (QED) is 0.692. The van der Waals surface area contributed by atoms with E-state index >= 15 is 0 Å². The van der Waals surface area contributed by atoms with E-state index in [9.17, 15) is 15.0 Å². The predicted octanol–water partition coefficient (Wildman–Crippen LogP) is 4.11. The van der Waals surface area contributed by atoms with E-state index in [0.29, 0.717) is 34.9 Å².